The molecule has 0 saturated carbocycles. The van der Waals surface area contributed by atoms with E-state index in [4.69, 9.17) is 23.2 Å². The Hall–Kier alpha value is -2.09. The number of carbonyl (C=O) groups is 2. The molecule has 1 N–H and O–H groups in total. The Kier molecular flexibility index (Phi) is 5.20. The van der Waals surface area contributed by atoms with E-state index in [0.717, 1.165) is 0 Å². The maximum atomic E-state index is 12.6. The first-order valence-electron chi connectivity index (χ1n) is 8.04. The third kappa shape index (κ3) is 3.67. The third-order valence-electron chi connectivity index (χ3n) is 4.30. The Labute approximate surface area is 167 Å². The van der Waals surface area contributed by atoms with Crippen LogP contribution in [0.1, 0.15) is 22.8 Å². The van der Waals surface area contributed by atoms with Gasteiger partial charge in [0.15, 0.2) is 0 Å². The minimum atomic E-state index is -3.82. The summed E-state index contributed by atoms with van der Waals surface area (Å²) in [5.41, 5.74) is 1.37. The lowest BCUT2D eigenvalue weighted by atomic mass is 10.1. The molecule has 3 rings (SSSR count). The summed E-state index contributed by atoms with van der Waals surface area (Å²) in [5.74, 6) is -2.01. The van der Waals surface area contributed by atoms with Crippen LogP contribution in [-0.4, -0.2) is 26.0 Å². The number of sulfonamides is 1. The van der Waals surface area contributed by atoms with Gasteiger partial charge in [0.2, 0.25) is 15.9 Å². The molecule has 27 heavy (non-hydrogen) atoms. The van der Waals surface area contributed by atoms with Gasteiger partial charge in [-0.3, -0.25) is 9.59 Å². The summed E-state index contributed by atoms with van der Waals surface area (Å²) in [5, 5.41) is 3.30. The molecule has 0 aromatic heterocycles. The summed E-state index contributed by atoms with van der Waals surface area (Å²) in [4.78, 5) is 24.9. The molecular formula is C18H16Cl2N2O4S. The number of halogens is 2. The first-order chi connectivity index (χ1) is 12.6. The van der Waals surface area contributed by atoms with Gasteiger partial charge in [-0.15, -0.1) is 0 Å². The van der Waals surface area contributed by atoms with Crippen LogP contribution in [0.2, 0.25) is 10.0 Å². The maximum Gasteiger partial charge on any atom is 0.255 e. The van der Waals surface area contributed by atoms with Crippen molar-refractivity contribution in [3.05, 3.63) is 57.6 Å². The van der Waals surface area contributed by atoms with E-state index < -0.39 is 27.8 Å². The Balaban J connectivity index is 1.97. The first-order valence-corrected chi connectivity index (χ1v) is 10.4. The molecule has 6 nitrogen and oxygen atoms in total. The molecular weight excluding hydrogens is 411 g/mol. The van der Waals surface area contributed by atoms with Crippen LogP contribution in [0.3, 0.4) is 0 Å². The van der Waals surface area contributed by atoms with Crippen molar-refractivity contribution in [3.63, 3.8) is 0 Å². The molecule has 2 aromatic carbocycles. The van der Waals surface area contributed by atoms with Crippen molar-refractivity contribution in [1.29, 1.82) is 0 Å². The highest BCUT2D eigenvalue weighted by molar-refractivity contribution is 7.94. The van der Waals surface area contributed by atoms with Gasteiger partial charge in [-0.2, -0.15) is 0 Å². The topological polar surface area (TPSA) is 83.6 Å². The molecule has 0 spiro atoms. The van der Waals surface area contributed by atoms with E-state index in [-0.39, 0.29) is 22.0 Å². The summed E-state index contributed by atoms with van der Waals surface area (Å²) in [6.07, 6.45) is 0. The number of carbonyl (C=O) groups excluding carboxylic acids is 2. The number of nitrogens with zero attached hydrogens (tertiary/aromatic N) is 1. The molecule has 0 bridgehead atoms. The lowest BCUT2D eigenvalue weighted by molar-refractivity contribution is -0.119. The quantitative estimate of drug-likeness (QED) is 0.806. The van der Waals surface area contributed by atoms with Crippen LogP contribution in [0.4, 0.5) is 11.4 Å². The molecule has 1 aliphatic rings. The zero-order chi connectivity index (χ0) is 19.9. The van der Waals surface area contributed by atoms with Gasteiger partial charge in [0.25, 0.3) is 5.91 Å². The van der Waals surface area contributed by atoms with Crippen molar-refractivity contribution in [2.75, 3.05) is 15.4 Å². The van der Waals surface area contributed by atoms with Gasteiger partial charge in [0, 0.05) is 16.3 Å². The second-order valence-corrected chi connectivity index (χ2v) is 8.99. The Morgan fingerprint density at radius 2 is 1.89 bits per heavy atom. The minimum absolute atomic E-state index is 0.0264. The standard InChI is InChI=1S/C18H16Cl2N2O4S/c1-10-9-27(25,26)22(18(10)24)16-8-12(6-7-14(16)20)17(23)21-15-5-3-4-13(19)11(15)2/h3-8,10H,9H2,1-2H3,(H,21,23). The molecule has 9 heteroatoms. The largest absolute Gasteiger partial charge is 0.322 e. The molecule has 1 fully saturated rings. The number of nitrogens with one attached hydrogen (secondary N) is 1. The predicted molar refractivity (Wildman–Crippen MR) is 106 cm³/mol. The molecule has 1 saturated heterocycles. The van der Waals surface area contributed by atoms with Crippen LogP contribution in [0.5, 0.6) is 0 Å². The van der Waals surface area contributed by atoms with Gasteiger partial charge in [0.1, 0.15) is 0 Å². The van der Waals surface area contributed by atoms with Crippen molar-refractivity contribution in [3.8, 4) is 0 Å². The van der Waals surface area contributed by atoms with Gasteiger partial charge in [0.05, 0.1) is 22.4 Å². The van der Waals surface area contributed by atoms with Crippen molar-refractivity contribution >= 4 is 56.4 Å². The summed E-state index contributed by atoms with van der Waals surface area (Å²) in [6.45, 7) is 3.30. The van der Waals surface area contributed by atoms with E-state index >= 15 is 0 Å². The second kappa shape index (κ2) is 7.14. The van der Waals surface area contributed by atoms with Gasteiger partial charge in [-0.1, -0.05) is 36.2 Å². The fraction of sp³-hybridized carbons (Fsp3) is 0.222. The highest BCUT2D eigenvalue weighted by Crippen LogP contribution is 2.34. The third-order valence-corrected chi connectivity index (χ3v) is 6.89. The zero-order valence-corrected chi connectivity index (χ0v) is 16.8. The van der Waals surface area contributed by atoms with Gasteiger partial charge >= 0.3 is 0 Å². The number of hydrogen-bond donors (Lipinski definition) is 1. The average Bonchev–Trinajstić information content (AvgIpc) is 2.80. The number of rotatable bonds is 3. The van der Waals surface area contributed by atoms with E-state index in [9.17, 15) is 18.0 Å². The monoisotopic (exact) mass is 426 g/mol. The van der Waals surface area contributed by atoms with Crippen LogP contribution in [0, 0.1) is 12.8 Å². The average molecular weight is 427 g/mol. The summed E-state index contributed by atoms with van der Waals surface area (Å²) >= 11 is 12.2. The molecule has 2 amide bonds. The van der Waals surface area contributed by atoms with Crippen molar-refractivity contribution in [2.45, 2.75) is 13.8 Å². The Morgan fingerprint density at radius 1 is 1.19 bits per heavy atom. The first kappa shape index (κ1) is 19.7. The molecule has 2 aromatic rings. The molecule has 142 valence electrons. The van der Waals surface area contributed by atoms with Crippen LogP contribution < -0.4 is 9.62 Å². The fourth-order valence-corrected chi connectivity index (χ4v) is 5.07. The maximum absolute atomic E-state index is 12.6. The smallest absolute Gasteiger partial charge is 0.255 e. The van der Waals surface area contributed by atoms with Crippen LogP contribution >= 0.6 is 23.2 Å². The predicted octanol–water partition coefficient (Wildman–Crippen LogP) is 3.87. The van der Waals surface area contributed by atoms with Crippen molar-refractivity contribution in [2.24, 2.45) is 5.92 Å². The molecule has 1 heterocycles. The molecule has 1 aliphatic heterocycles. The van der Waals surface area contributed by atoms with E-state index in [2.05, 4.69) is 5.32 Å². The molecule has 1 unspecified atom stereocenters. The SMILES string of the molecule is Cc1c(Cl)cccc1NC(=O)c1ccc(Cl)c(N2C(=O)C(C)CS2(=O)=O)c1. The Bertz CT molecular complexity index is 1050. The van der Waals surface area contributed by atoms with E-state index in [1.807, 2.05) is 0 Å². The lowest BCUT2D eigenvalue weighted by Crippen LogP contribution is -2.30. The Morgan fingerprint density at radius 3 is 2.52 bits per heavy atom. The van der Waals surface area contributed by atoms with Gasteiger partial charge in [-0.05, 0) is 42.8 Å². The summed E-state index contributed by atoms with van der Waals surface area (Å²) < 4.78 is 25.3. The highest BCUT2D eigenvalue weighted by Gasteiger charge is 2.43. The van der Waals surface area contributed by atoms with E-state index in [1.165, 1.54) is 25.1 Å². The van der Waals surface area contributed by atoms with Crippen LogP contribution in [-0.2, 0) is 14.8 Å². The van der Waals surface area contributed by atoms with E-state index in [0.29, 0.717) is 20.6 Å². The zero-order valence-electron chi connectivity index (χ0n) is 14.5. The molecule has 1 atom stereocenters. The normalized spacial score (nSPS) is 18.6. The number of hydrogen-bond acceptors (Lipinski definition) is 4. The van der Waals surface area contributed by atoms with E-state index in [1.54, 1.807) is 25.1 Å². The number of benzene rings is 2. The summed E-state index contributed by atoms with van der Waals surface area (Å²) in [7, 11) is -3.82. The second-order valence-electron chi connectivity index (χ2n) is 6.31. The van der Waals surface area contributed by atoms with Crippen molar-refractivity contribution < 1.29 is 18.0 Å². The van der Waals surface area contributed by atoms with Gasteiger partial charge < -0.3 is 5.32 Å². The number of amides is 2. The van der Waals surface area contributed by atoms with Crippen LogP contribution in [0.25, 0.3) is 0 Å². The van der Waals surface area contributed by atoms with Crippen LogP contribution in [0.15, 0.2) is 36.4 Å². The summed E-state index contributed by atoms with van der Waals surface area (Å²) in [6, 6.07) is 9.25. The molecule has 0 aliphatic carbocycles. The van der Waals surface area contributed by atoms with Crippen molar-refractivity contribution in [1.82, 2.24) is 0 Å². The lowest BCUT2D eigenvalue weighted by Gasteiger charge is -2.18. The fourth-order valence-electron chi connectivity index (χ4n) is 2.81. The highest BCUT2D eigenvalue weighted by atomic mass is 35.5. The molecule has 0 radical (unpaired) electrons. The van der Waals surface area contributed by atoms with Gasteiger partial charge in [-0.25, -0.2) is 12.7 Å². The minimum Gasteiger partial charge on any atom is -0.322 e. The number of anilines is 2.